The minimum absolute atomic E-state index is 0.622. The summed E-state index contributed by atoms with van der Waals surface area (Å²) in [6, 6.07) is 10.4. The molecule has 1 unspecified atom stereocenters. The third-order valence-electron chi connectivity index (χ3n) is 3.75. The Bertz CT molecular complexity index is 609. The van der Waals surface area contributed by atoms with Gasteiger partial charge in [-0.3, -0.25) is 0 Å². The van der Waals surface area contributed by atoms with E-state index in [0.717, 1.165) is 34.4 Å². The highest BCUT2D eigenvalue weighted by molar-refractivity contribution is 9.11. The second-order valence-electron chi connectivity index (χ2n) is 5.27. The SMILES string of the molecule is Brc1ccc2c(Br)c(OCC3CCCNC3)ccc2c1. The van der Waals surface area contributed by atoms with Gasteiger partial charge in [0.15, 0.2) is 0 Å². The van der Waals surface area contributed by atoms with E-state index in [4.69, 9.17) is 4.74 Å². The number of fused-ring (bicyclic) bond motifs is 1. The minimum atomic E-state index is 0.622. The number of rotatable bonds is 3. The molecule has 1 aliphatic heterocycles. The van der Waals surface area contributed by atoms with Gasteiger partial charge in [-0.1, -0.05) is 28.1 Å². The number of ether oxygens (including phenoxy) is 1. The van der Waals surface area contributed by atoms with Crippen molar-refractivity contribution in [1.82, 2.24) is 5.32 Å². The Hall–Kier alpha value is -0.580. The molecular formula is C16H17Br2NO. The lowest BCUT2D eigenvalue weighted by molar-refractivity contribution is 0.217. The van der Waals surface area contributed by atoms with Crippen LogP contribution in [-0.4, -0.2) is 19.7 Å². The Morgan fingerprint density at radius 3 is 2.90 bits per heavy atom. The number of benzene rings is 2. The predicted octanol–water partition coefficient (Wildman–Crippen LogP) is 4.74. The van der Waals surface area contributed by atoms with E-state index in [1.807, 2.05) is 0 Å². The van der Waals surface area contributed by atoms with Crippen molar-refractivity contribution in [2.75, 3.05) is 19.7 Å². The van der Waals surface area contributed by atoms with Gasteiger partial charge in [0.05, 0.1) is 11.1 Å². The van der Waals surface area contributed by atoms with Gasteiger partial charge >= 0.3 is 0 Å². The Labute approximate surface area is 136 Å². The molecule has 2 nitrogen and oxygen atoms in total. The average molecular weight is 399 g/mol. The third-order valence-corrected chi connectivity index (χ3v) is 5.07. The van der Waals surface area contributed by atoms with Crippen molar-refractivity contribution in [3.63, 3.8) is 0 Å². The van der Waals surface area contributed by atoms with Crippen LogP contribution in [0.4, 0.5) is 0 Å². The Balaban J connectivity index is 1.77. The highest BCUT2D eigenvalue weighted by Gasteiger charge is 2.14. The number of hydrogen-bond donors (Lipinski definition) is 1. The zero-order valence-electron chi connectivity index (χ0n) is 11.2. The van der Waals surface area contributed by atoms with Crippen molar-refractivity contribution in [1.29, 1.82) is 0 Å². The lowest BCUT2D eigenvalue weighted by Crippen LogP contribution is -2.33. The quantitative estimate of drug-likeness (QED) is 0.805. The normalized spacial score (nSPS) is 19.2. The van der Waals surface area contributed by atoms with Crippen LogP contribution in [0.2, 0.25) is 0 Å². The molecule has 4 heteroatoms. The highest BCUT2D eigenvalue weighted by Crippen LogP contribution is 2.34. The van der Waals surface area contributed by atoms with Gasteiger partial charge in [0.1, 0.15) is 5.75 Å². The van der Waals surface area contributed by atoms with Crippen LogP contribution in [0, 0.1) is 5.92 Å². The largest absolute Gasteiger partial charge is 0.492 e. The van der Waals surface area contributed by atoms with E-state index in [-0.39, 0.29) is 0 Å². The van der Waals surface area contributed by atoms with Crippen LogP contribution in [0.15, 0.2) is 39.3 Å². The van der Waals surface area contributed by atoms with Gasteiger partial charge in [0.2, 0.25) is 0 Å². The molecule has 1 atom stereocenters. The molecule has 1 saturated heterocycles. The zero-order chi connectivity index (χ0) is 13.9. The van der Waals surface area contributed by atoms with E-state index in [9.17, 15) is 0 Å². The van der Waals surface area contributed by atoms with Crippen LogP contribution < -0.4 is 10.1 Å². The molecule has 0 saturated carbocycles. The zero-order valence-corrected chi connectivity index (χ0v) is 14.3. The first-order valence-electron chi connectivity index (χ1n) is 6.95. The summed E-state index contributed by atoms with van der Waals surface area (Å²) < 4.78 is 8.16. The Morgan fingerprint density at radius 2 is 2.10 bits per heavy atom. The summed E-state index contributed by atoms with van der Waals surface area (Å²) in [7, 11) is 0. The molecule has 1 aliphatic rings. The topological polar surface area (TPSA) is 21.3 Å². The van der Waals surface area contributed by atoms with Crippen LogP contribution in [0.25, 0.3) is 10.8 Å². The minimum Gasteiger partial charge on any atom is -0.492 e. The van der Waals surface area contributed by atoms with Gasteiger partial charge in [0, 0.05) is 16.9 Å². The van der Waals surface area contributed by atoms with Crippen LogP contribution in [0.3, 0.4) is 0 Å². The molecule has 106 valence electrons. The highest BCUT2D eigenvalue weighted by atomic mass is 79.9. The standard InChI is InChI=1S/C16H17Br2NO/c17-13-4-5-14-12(8-13)3-6-15(16(14)18)20-10-11-2-1-7-19-9-11/h3-6,8,11,19H,1-2,7,9-10H2. The maximum absolute atomic E-state index is 6.02. The molecule has 0 amide bonds. The van der Waals surface area contributed by atoms with E-state index in [0.29, 0.717) is 5.92 Å². The summed E-state index contributed by atoms with van der Waals surface area (Å²) in [5.74, 6) is 1.56. The Morgan fingerprint density at radius 1 is 1.20 bits per heavy atom. The van der Waals surface area contributed by atoms with Gasteiger partial charge < -0.3 is 10.1 Å². The molecular weight excluding hydrogens is 382 g/mol. The van der Waals surface area contributed by atoms with Crippen molar-refractivity contribution in [2.24, 2.45) is 5.92 Å². The van der Waals surface area contributed by atoms with Crippen molar-refractivity contribution < 1.29 is 4.74 Å². The lowest BCUT2D eigenvalue weighted by Gasteiger charge is -2.23. The molecule has 0 aromatic heterocycles. The summed E-state index contributed by atoms with van der Waals surface area (Å²) in [5.41, 5.74) is 0. The van der Waals surface area contributed by atoms with Gasteiger partial charge in [-0.25, -0.2) is 0 Å². The van der Waals surface area contributed by atoms with E-state index in [1.54, 1.807) is 0 Å². The molecule has 1 fully saturated rings. The van der Waals surface area contributed by atoms with Crippen LogP contribution in [0.1, 0.15) is 12.8 Å². The van der Waals surface area contributed by atoms with Crippen LogP contribution >= 0.6 is 31.9 Å². The molecule has 20 heavy (non-hydrogen) atoms. The first kappa shape index (κ1) is 14.4. The van der Waals surface area contributed by atoms with Gasteiger partial charge in [-0.15, -0.1) is 0 Å². The second kappa shape index (κ2) is 6.46. The smallest absolute Gasteiger partial charge is 0.134 e. The van der Waals surface area contributed by atoms with E-state index < -0.39 is 0 Å². The van der Waals surface area contributed by atoms with Gasteiger partial charge in [-0.2, -0.15) is 0 Å². The Kier molecular flexibility index (Phi) is 4.64. The van der Waals surface area contributed by atoms with Crippen molar-refractivity contribution in [3.05, 3.63) is 39.3 Å². The molecule has 0 spiro atoms. The number of nitrogens with one attached hydrogen (secondary N) is 1. The van der Waals surface area contributed by atoms with Gasteiger partial charge in [-0.05, 0) is 64.3 Å². The third kappa shape index (κ3) is 3.18. The van der Waals surface area contributed by atoms with Gasteiger partial charge in [0.25, 0.3) is 0 Å². The maximum Gasteiger partial charge on any atom is 0.134 e. The first-order valence-corrected chi connectivity index (χ1v) is 8.54. The average Bonchev–Trinajstić information content (AvgIpc) is 2.47. The molecule has 1 heterocycles. The predicted molar refractivity (Wildman–Crippen MR) is 90.4 cm³/mol. The fourth-order valence-corrected chi connectivity index (χ4v) is 3.61. The summed E-state index contributed by atoms with van der Waals surface area (Å²) in [4.78, 5) is 0. The summed E-state index contributed by atoms with van der Waals surface area (Å²) >= 11 is 7.18. The molecule has 2 aromatic carbocycles. The van der Waals surface area contributed by atoms with Crippen molar-refractivity contribution >= 4 is 42.6 Å². The summed E-state index contributed by atoms with van der Waals surface area (Å²) in [6.07, 6.45) is 2.51. The second-order valence-corrected chi connectivity index (χ2v) is 6.98. The molecule has 0 bridgehead atoms. The molecule has 0 radical (unpaired) electrons. The first-order chi connectivity index (χ1) is 9.74. The van der Waals surface area contributed by atoms with Crippen LogP contribution in [-0.2, 0) is 0 Å². The maximum atomic E-state index is 6.02. The van der Waals surface area contributed by atoms with E-state index >= 15 is 0 Å². The fourth-order valence-electron chi connectivity index (χ4n) is 2.63. The monoisotopic (exact) mass is 397 g/mol. The van der Waals surface area contributed by atoms with Crippen LogP contribution in [0.5, 0.6) is 5.75 Å². The van der Waals surface area contributed by atoms with E-state index in [2.05, 4.69) is 67.5 Å². The summed E-state index contributed by atoms with van der Waals surface area (Å²) in [6.45, 7) is 3.00. The molecule has 3 rings (SSSR count). The molecule has 0 aliphatic carbocycles. The number of halogens is 2. The van der Waals surface area contributed by atoms with Crippen molar-refractivity contribution in [2.45, 2.75) is 12.8 Å². The number of hydrogen-bond acceptors (Lipinski definition) is 2. The lowest BCUT2D eigenvalue weighted by atomic mass is 10.0. The summed E-state index contributed by atoms with van der Waals surface area (Å²) in [5, 5.41) is 5.82. The number of piperidine rings is 1. The van der Waals surface area contributed by atoms with E-state index in [1.165, 1.54) is 23.6 Å². The van der Waals surface area contributed by atoms with Crippen molar-refractivity contribution in [3.8, 4) is 5.75 Å². The molecule has 2 aromatic rings. The molecule has 1 N–H and O–H groups in total. The fraction of sp³-hybridized carbons (Fsp3) is 0.375.